The van der Waals surface area contributed by atoms with Gasteiger partial charge in [0.2, 0.25) is 28.9 Å². The van der Waals surface area contributed by atoms with Gasteiger partial charge < -0.3 is 15.3 Å². The topological polar surface area (TPSA) is 164 Å². The third-order valence-electron chi connectivity index (χ3n) is 14.1. The van der Waals surface area contributed by atoms with E-state index in [0.29, 0.717) is 44.1 Å². The molecular weight excluding hydrogens is 1090 g/mol. The number of allylic oxidation sites excluding steroid dienone is 3. The van der Waals surface area contributed by atoms with Crippen LogP contribution >= 0.6 is 0 Å². The third-order valence-corrected chi connectivity index (χ3v) is 16.9. The first-order valence-electron chi connectivity index (χ1n) is 21.4. The Labute approximate surface area is 407 Å². The van der Waals surface area contributed by atoms with Crippen LogP contribution in [0, 0.1) is 87.3 Å². The lowest BCUT2D eigenvalue weighted by Crippen LogP contribution is -2.70. The molecular formula is C45H22F15N4O9S2+. The molecule has 12 rings (SSSR count). The molecule has 5 aromatic rings. The molecule has 2 aromatic heterocycles. The molecule has 7 unspecified atom stereocenters. The van der Waals surface area contributed by atoms with Gasteiger partial charge in [0.25, 0.3) is 20.2 Å². The Bertz CT molecular complexity index is 4060. The van der Waals surface area contributed by atoms with Crippen molar-refractivity contribution < 1.29 is 111 Å². The number of aliphatic hydroxyl groups excluding tert-OH is 3. The number of halogens is 15. The Morgan fingerprint density at radius 1 is 0.587 bits per heavy atom. The number of rotatable bonds is 6. The normalized spacial score (nSPS) is 25.4. The highest BCUT2D eigenvalue weighted by molar-refractivity contribution is 7.87. The van der Waals surface area contributed by atoms with Crippen molar-refractivity contribution in [2.24, 2.45) is 0 Å². The van der Waals surface area contributed by atoms with Gasteiger partial charge >= 0.3 is 5.91 Å². The molecule has 1 spiro atoms. The fraction of sp³-hybridized carbons (Fsp3) is 0.222. The van der Waals surface area contributed by atoms with Crippen molar-refractivity contribution in [1.82, 2.24) is 14.0 Å². The molecule has 0 aliphatic carbocycles. The average Bonchev–Trinajstić information content (AvgIpc) is 4.35. The van der Waals surface area contributed by atoms with E-state index >= 15 is 69.5 Å². The molecule has 392 valence electrons. The molecule has 0 radical (unpaired) electrons. The Hall–Kier alpha value is -6.70. The SMILES string of the molecule is CC(O)C(O)C1OS(=O)(=O)c2cc3n4c2C(c2c(F)c(F)c(F)c(F)c2F)=C2C=CC5=[N+]2C42N4C(=CC([C@H]34)S(=O)(=O)OC1C(C)O)C(c1c(F)c(F)c(F)c(F)c1F)=c1ccc(n12)=C5c1c(F)c(F)c(F)c(F)c1F. The predicted octanol–water partition coefficient (Wildman–Crippen LogP) is 4.26. The van der Waals surface area contributed by atoms with Crippen LogP contribution in [-0.4, -0.2) is 92.2 Å². The molecule has 0 amide bonds. The van der Waals surface area contributed by atoms with Gasteiger partial charge in [0.1, 0.15) is 34.5 Å². The number of aromatic nitrogens is 2. The van der Waals surface area contributed by atoms with Crippen molar-refractivity contribution in [3.8, 4) is 0 Å². The maximum absolute atomic E-state index is 16.6. The maximum atomic E-state index is 16.6. The smallest absolute Gasteiger partial charge is 0.391 e. The minimum atomic E-state index is -6.02. The standard InChI is InChI=1S/C45H22F15N4O9S2/c1-9(65)42(67)44-43(10(2)66)72-74(68,69)17-7-15-20(23-27(48)33(54)38(59)34(55)28(23)49)13-4-3-11-19(22-25(46)31(52)37(58)32(53)26(22)47)12-5-6-14-21(24-29(50)35(56)39(60)36(57)30(24)51)41-18(75(70,71)73-44)8-16-40(17)63(15)45(61(11)13,62(12)14)64(16)41/h3-10,17,40,42-44,65-67H,1-2H3/q+1/t9?,10?,17?,40-,42?,43?,44?,45?/m0/s1. The van der Waals surface area contributed by atoms with Crippen LogP contribution in [0.15, 0.2) is 52.7 Å². The quantitative estimate of drug-likeness (QED) is 0.0737. The zero-order valence-corrected chi connectivity index (χ0v) is 38.2. The Morgan fingerprint density at radius 2 is 1.04 bits per heavy atom. The molecule has 30 heteroatoms. The van der Waals surface area contributed by atoms with Crippen LogP contribution in [-0.2, 0) is 34.5 Å². The Morgan fingerprint density at radius 3 is 1.52 bits per heavy atom. The molecule has 7 aliphatic rings. The van der Waals surface area contributed by atoms with Crippen molar-refractivity contribution in [2.45, 2.75) is 66.5 Å². The molecule has 3 aromatic carbocycles. The fourth-order valence-corrected chi connectivity index (χ4v) is 14.0. The van der Waals surface area contributed by atoms with Crippen LogP contribution in [0.25, 0.3) is 16.7 Å². The molecule has 9 heterocycles. The van der Waals surface area contributed by atoms with Gasteiger partial charge in [-0.15, -0.1) is 4.58 Å². The van der Waals surface area contributed by atoms with Crippen LogP contribution in [0.3, 0.4) is 0 Å². The zero-order chi connectivity index (χ0) is 54.3. The van der Waals surface area contributed by atoms with Crippen molar-refractivity contribution in [2.75, 3.05) is 0 Å². The van der Waals surface area contributed by atoms with Gasteiger partial charge in [-0.1, -0.05) is 0 Å². The van der Waals surface area contributed by atoms with Crippen LogP contribution in [0.5, 0.6) is 0 Å². The van der Waals surface area contributed by atoms with E-state index in [0.717, 1.165) is 24.8 Å². The number of aliphatic hydroxyl groups is 3. The van der Waals surface area contributed by atoms with Gasteiger partial charge in [0, 0.05) is 17.7 Å². The summed E-state index contributed by atoms with van der Waals surface area (Å²) in [6, 6.07) is -0.405. The van der Waals surface area contributed by atoms with Crippen molar-refractivity contribution in [3.05, 3.63) is 174 Å². The van der Waals surface area contributed by atoms with Crippen molar-refractivity contribution in [1.29, 1.82) is 0 Å². The second-order valence-corrected chi connectivity index (χ2v) is 21.2. The van der Waals surface area contributed by atoms with Crippen LogP contribution in [0.4, 0.5) is 65.9 Å². The van der Waals surface area contributed by atoms with E-state index in [9.17, 15) is 28.5 Å². The molecule has 7 aliphatic heterocycles. The van der Waals surface area contributed by atoms with Crippen LogP contribution < -0.4 is 10.7 Å². The number of nitrogens with zero attached hydrogens (tertiary/aromatic N) is 4. The minimum Gasteiger partial charge on any atom is -0.391 e. The summed E-state index contributed by atoms with van der Waals surface area (Å²) in [6.45, 7) is 1.58. The molecule has 0 saturated carbocycles. The lowest BCUT2D eigenvalue weighted by Gasteiger charge is -2.46. The summed E-state index contributed by atoms with van der Waals surface area (Å²) in [6.07, 6.45) is -10.5. The number of hydrogen-bond acceptors (Lipinski definition) is 10. The van der Waals surface area contributed by atoms with E-state index in [4.69, 9.17) is 8.37 Å². The van der Waals surface area contributed by atoms with Gasteiger partial charge in [-0.2, -0.15) is 16.8 Å². The average molecular weight is 1110 g/mol. The van der Waals surface area contributed by atoms with Gasteiger partial charge in [-0.05, 0) is 38.1 Å². The maximum Gasteiger partial charge on any atom is 0.426 e. The molecule has 2 bridgehead atoms. The summed E-state index contributed by atoms with van der Waals surface area (Å²) < 4.78 is 309. The molecule has 0 fully saturated rings. The Kier molecular flexibility index (Phi) is 10.00. The number of fused-ring (bicyclic) bond motifs is 2. The number of hydrogen-bond donors (Lipinski definition) is 3. The summed E-state index contributed by atoms with van der Waals surface area (Å²) in [5, 5.41) is 28.4. The van der Waals surface area contributed by atoms with Crippen molar-refractivity contribution in [3.63, 3.8) is 0 Å². The summed E-state index contributed by atoms with van der Waals surface area (Å²) >= 11 is 0. The van der Waals surface area contributed by atoms with E-state index in [1.54, 1.807) is 0 Å². The molecule has 3 N–H and O–H groups in total. The van der Waals surface area contributed by atoms with Gasteiger partial charge in [-0.3, -0.25) is 13.3 Å². The van der Waals surface area contributed by atoms with Crippen molar-refractivity contribution >= 4 is 42.7 Å². The Balaban J connectivity index is 1.38. The van der Waals surface area contributed by atoms with E-state index in [2.05, 4.69) is 0 Å². The van der Waals surface area contributed by atoms with E-state index < -0.39 is 233 Å². The summed E-state index contributed by atoms with van der Waals surface area (Å²) in [7, 11) is -11.8. The van der Waals surface area contributed by atoms with E-state index in [1.807, 2.05) is 0 Å². The van der Waals surface area contributed by atoms with Crippen LogP contribution in [0.1, 0.15) is 48.0 Å². The zero-order valence-electron chi connectivity index (χ0n) is 36.6. The summed E-state index contributed by atoms with van der Waals surface area (Å²) in [4.78, 5) is -0.703. The van der Waals surface area contributed by atoms with Crippen LogP contribution in [0.2, 0.25) is 0 Å². The predicted molar refractivity (Wildman–Crippen MR) is 217 cm³/mol. The molecule has 13 nitrogen and oxygen atoms in total. The third kappa shape index (κ3) is 5.65. The second kappa shape index (κ2) is 15.2. The lowest BCUT2D eigenvalue weighted by atomic mass is 9.93. The molecule has 75 heavy (non-hydrogen) atoms. The minimum absolute atomic E-state index is 0.485. The number of benzene rings is 3. The largest absolute Gasteiger partial charge is 0.426 e. The summed E-state index contributed by atoms with van der Waals surface area (Å²) in [5.41, 5.74) is -14.6. The fourth-order valence-electron chi connectivity index (χ4n) is 11.1. The monoisotopic (exact) mass is 1110 g/mol. The summed E-state index contributed by atoms with van der Waals surface area (Å²) in [5.74, 6) is -43.1. The van der Waals surface area contributed by atoms with Gasteiger partial charge in [-0.25, -0.2) is 75.0 Å². The van der Waals surface area contributed by atoms with Gasteiger partial charge in [0.05, 0.1) is 67.8 Å². The van der Waals surface area contributed by atoms with E-state index in [1.165, 1.54) is 0 Å². The second-order valence-electron chi connectivity index (χ2n) is 17.9. The molecule has 8 atom stereocenters. The lowest BCUT2D eigenvalue weighted by molar-refractivity contribution is -0.633. The first-order chi connectivity index (χ1) is 35.1. The highest BCUT2D eigenvalue weighted by Gasteiger charge is 2.75. The molecule has 0 saturated heterocycles. The first-order valence-corrected chi connectivity index (χ1v) is 24.2. The van der Waals surface area contributed by atoms with E-state index in [-0.39, 0.29) is 0 Å². The van der Waals surface area contributed by atoms with Gasteiger partial charge in [0.15, 0.2) is 69.8 Å². The highest BCUT2D eigenvalue weighted by Crippen LogP contribution is 2.63. The highest BCUT2D eigenvalue weighted by atomic mass is 32.2. The first kappa shape index (κ1) is 49.2.